The molecule has 0 radical (unpaired) electrons. The summed E-state index contributed by atoms with van der Waals surface area (Å²) < 4.78 is 10.2. The normalized spacial score (nSPS) is 10.6. The molecule has 7 heteroatoms. The fourth-order valence-electron chi connectivity index (χ4n) is 2.08. The van der Waals surface area contributed by atoms with Gasteiger partial charge in [-0.1, -0.05) is 40.5 Å². The van der Waals surface area contributed by atoms with Gasteiger partial charge in [-0.2, -0.15) is 4.98 Å². The first-order valence-corrected chi connectivity index (χ1v) is 7.46. The predicted molar refractivity (Wildman–Crippen MR) is 86.7 cm³/mol. The van der Waals surface area contributed by atoms with Gasteiger partial charge in [-0.25, -0.2) is 4.79 Å². The van der Waals surface area contributed by atoms with Gasteiger partial charge >= 0.3 is 5.97 Å². The fraction of sp³-hybridized carbons (Fsp3) is 0.118. The van der Waals surface area contributed by atoms with Crippen molar-refractivity contribution in [2.24, 2.45) is 0 Å². The lowest BCUT2D eigenvalue weighted by molar-refractivity contribution is 0.0426. The van der Waals surface area contributed by atoms with E-state index in [1.54, 1.807) is 36.4 Å². The van der Waals surface area contributed by atoms with E-state index in [9.17, 15) is 9.90 Å². The molecule has 2 aromatic carbocycles. The Labute approximate surface area is 142 Å². The van der Waals surface area contributed by atoms with E-state index < -0.39 is 5.97 Å². The van der Waals surface area contributed by atoms with E-state index in [1.807, 2.05) is 6.92 Å². The Morgan fingerprint density at radius 2 is 2.12 bits per heavy atom. The Morgan fingerprint density at radius 1 is 1.29 bits per heavy atom. The zero-order valence-electron chi connectivity index (χ0n) is 12.7. The average Bonchev–Trinajstić information content (AvgIpc) is 3.04. The molecular weight excluding hydrogens is 332 g/mol. The van der Waals surface area contributed by atoms with Crippen LogP contribution in [0.3, 0.4) is 0 Å². The number of phenolic OH excluding ortho intramolecular Hbond substituents is 1. The van der Waals surface area contributed by atoms with Crippen LogP contribution in [0.15, 0.2) is 47.0 Å². The third-order valence-corrected chi connectivity index (χ3v) is 3.48. The molecule has 0 aliphatic heterocycles. The van der Waals surface area contributed by atoms with Crippen LogP contribution < -0.4 is 0 Å². The van der Waals surface area contributed by atoms with Crippen molar-refractivity contribution in [2.45, 2.75) is 13.5 Å². The second-order valence-electron chi connectivity index (χ2n) is 5.12. The molecule has 0 saturated heterocycles. The summed E-state index contributed by atoms with van der Waals surface area (Å²) in [5.41, 5.74) is 1.62. The molecule has 0 bridgehead atoms. The predicted octanol–water partition coefficient (Wildman–Crippen LogP) is 3.76. The van der Waals surface area contributed by atoms with Gasteiger partial charge in [0.2, 0.25) is 5.82 Å². The molecule has 0 atom stereocenters. The first kappa shape index (κ1) is 16.0. The van der Waals surface area contributed by atoms with Gasteiger partial charge in [-0.3, -0.25) is 0 Å². The molecule has 1 N–H and O–H groups in total. The molecule has 0 saturated carbocycles. The van der Waals surface area contributed by atoms with Crippen molar-refractivity contribution in [3.8, 4) is 17.1 Å². The minimum Gasteiger partial charge on any atom is -0.507 e. The summed E-state index contributed by atoms with van der Waals surface area (Å²) in [4.78, 5) is 16.2. The van der Waals surface area contributed by atoms with Crippen LogP contribution >= 0.6 is 11.6 Å². The number of ether oxygens (including phenoxy) is 1. The summed E-state index contributed by atoms with van der Waals surface area (Å²) in [6.45, 7) is 1.62. The van der Waals surface area contributed by atoms with Crippen LogP contribution in [0, 0.1) is 6.92 Å². The number of benzene rings is 2. The maximum absolute atomic E-state index is 12.0. The van der Waals surface area contributed by atoms with E-state index in [0.717, 1.165) is 5.56 Å². The summed E-state index contributed by atoms with van der Waals surface area (Å²) in [6, 6.07) is 11.7. The number of halogens is 1. The first-order chi connectivity index (χ1) is 11.5. The van der Waals surface area contributed by atoms with Crippen LogP contribution in [-0.4, -0.2) is 21.2 Å². The molecular formula is C17H13ClN2O4. The Bertz CT molecular complexity index is 892. The maximum Gasteiger partial charge on any atom is 0.342 e. The van der Waals surface area contributed by atoms with Crippen LogP contribution in [0.1, 0.15) is 21.8 Å². The molecule has 0 unspecified atom stereocenters. The smallest absolute Gasteiger partial charge is 0.342 e. The van der Waals surface area contributed by atoms with Crippen molar-refractivity contribution >= 4 is 17.6 Å². The molecule has 0 amide bonds. The number of rotatable bonds is 4. The number of carbonyl (C=O) groups is 1. The Morgan fingerprint density at radius 3 is 2.92 bits per heavy atom. The topological polar surface area (TPSA) is 85.5 Å². The van der Waals surface area contributed by atoms with Crippen molar-refractivity contribution in [3.63, 3.8) is 0 Å². The highest BCUT2D eigenvalue weighted by Gasteiger charge is 2.15. The highest BCUT2D eigenvalue weighted by Crippen LogP contribution is 2.21. The third-order valence-electron chi connectivity index (χ3n) is 3.25. The zero-order valence-corrected chi connectivity index (χ0v) is 13.4. The molecule has 0 aliphatic rings. The minimum atomic E-state index is -0.668. The van der Waals surface area contributed by atoms with Gasteiger partial charge in [0.15, 0.2) is 6.61 Å². The average molecular weight is 345 g/mol. The Hall–Kier alpha value is -2.86. The van der Waals surface area contributed by atoms with E-state index in [-0.39, 0.29) is 23.8 Å². The number of aryl methyl sites for hydroxylation is 1. The van der Waals surface area contributed by atoms with Crippen LogP contribution in [0.4, 0.5) is 0 Å². The Balaban J connectivity index is 1.69. The molecule has 24 heavy (non-hydrogen) atoms. The van der Waals surface area contributed by atoms with Crippen molar-refractivity contribution in [1.82, 2.24) is 10.1 Å². The number of nitrogens with zero attached hydrogens (tertiary/aromatic N) is 2. The van der Waals surface area contributed by atoms with Gasteiger partial charge in [0.25, 0.3) is 5.89 Å². The molecule has 3 aromatic rings. The SMILES string of the molecule is Cc1ccc(O)c(C(=O)OCc2nc(-c3cccc(Cl)c3)no2)c1. The number of hydrogen-bond donors (Lipinski definition) is 1. The first-order valence-electron chi connectivity index (χ1n) is 7.08. The second-order valence-corrected chi connectivity index (χ2v) is 5.56. The van der Waals surface area contributed by atoms with Gasteiger partial charge in [0.1, 0.15) is 11.3 Å². The lowest BCUT2D eigenvalue weighted by atomic mass is 10.1. The quantitative estimate of drug-likeness (QED) is 0.725. The molecule has 0 fully saturated rings. The summed E-state index contributed by atoms with van der Waals surface area (Å²) in [5.74, 6) is -0.318. The standard InChI is InChI=1S/C17H13ClN2O4/c1-10-5-6-14(21)13(7-10)17(22)23-9-15-19-16(20-24-15)11-3-2-4-12(18)8-11/h2-8,21H,9H2,1H3. The molecule has 0 aliphatic carbocycles. The zero-order chi connectivity index (χ0) is 17.1. The van der Waals surface area contributed by atoms with Crippen LogP contribution in [0.5, 0.6) is 5.75 Å². The van der Waals surface area contributed by atoms with Crippen LogP contribution in [-0.2, 0) is 11.3 Å². The Kier molecular flexibility index (Phi) is 4.48. The number of phenols is 1. The minimum absolute atomic E-state index is 0.0876. The van der Waals surface area contributed by atoms with Crippen molar-refractivity contribution < 1.29 is 19.2 Å². The van der Waals surface area contributed by atoms with Gasteiger partial charge in [-0.15, -0.1) is 0 Å². The highest BCUT2D eigenvalue weighted by molar-refractivity contribution is 6.30. The monoisotopic (exact) mass is 344 g/mol. The van der Waals surface area contributed by atoms with Crippen LogP contribution in [0.25, 0.3) is 11.4 Å². The molecule has 6 nitrogen and oxygen atoms in total. The number of aromatic nitrogens is 2. The number of carbonyl (C=O) groups excluding carboxylic acids is 1. The number of hydrogen-bond acceptors (Lipinski definition) is 6. The van der Waals surface area contributed by atoms with E-state index in [4.69, 9.17) is 20.9 Å². The lowest BCUT2D eigenvalue weighted by Crippen LogP contribution is -2.06. The maximum atomic E-state index is 12.0. The number of aromatic hydroxyl groups is 1. The summed E-state index contributed by atoms with van der Waals surface area (Å²) in [7, 11) is 0. The van der Waals surface area contributed by atoms with Crippen molar-refractivity contribution in [3.05, 3.63) is 64.5 Å². The molecule has 1 aromatic heterocycles. The molecule has 122 valence electrons. The summed E-state index contributed by atoms with van der Waals surface area (Å²) in [6.07, 6.45) is 0. The lowest BCUT2D eigenvalue weighted by Gasteiger charge is -2.05. The highest BCUT2D eigenvalue weighted by atomic mass is 35.5. The number of esters is 1. The fourth-order valence-corrected chi connectivity index (χ4v) is 2.27. The van der Waals surface area contributed by atoms with E-state index in [1.165, 1.54) is 6.07 Å². The van der Waals surface area contributed by atoms with Crippen molar-refractivity contribution in [2.75, 3.05) is 0 Å². The largest absolute Gasteiger partial charge is 0.507 e. The van der Waals surface area contributed by atoms with E-state index in [0.29, 0.717) is 16.4 Å². The third kappa shape index (κ3) is 3.55. The van der Waals surface area contributed by atoms with E-state index >= 15 is 0 Å². The van der Waals surface area contributed by atoms with Gasteiger partial charge in [-0.05, 0) is 31.2 Å². The van der Waals surface area contributed by atoms with Gasteiger partial charge in [0, 0.05) is 10.6 Å². The second kappa shape index (κ2) is 6.72. The summed E-state index contributed by atoms with van der Waals surface area (Å²) >= 11 is 5.92. The van der Waals surface area contributed by atoms with Gasteiger partial charge in [0.05, 0.1) is 0 Å². The molecule has 1 heterocycles. The molecule has 3 rings (SSSR count). The van der Waals surface area contributed by atoms with Gasteiger partial charge < -0.3 is 14.4 Å². The molecule has 0 spiro atoms. The van der Waals surface area contributed by atoms with Crippen LogP contribution in [0.2, 0.25) is 5.02 Å². The van der Waals surface area contributed by atoms with E-state index in [2.05, 4.69) is 10.1 Å². The van der Waals surface area contributed by atoms with Crippen molar-refractivity contribution in [1.29, 1.82) is 0 Å². The summed E-state index contributed by atoms with van der Waals surface area (Å²) in [5, 5.41) is 14.1.